The highest BCUT2D eigenvalue weighted by Gasteiger charge is 2.10. The predicted molar refractivity (Wildman–Crippen MR) is 128 cm³/mol. The summed E-state index contributed by atoms with van der Waals surface area (Å²) in [6, 6.07) is 21.1. The van der Waals surface area contributed by atoms with Crippen LogP contribution in [0.15, 0.2) is 71.7 Å². The predicted octanol–water partition coefficient (Wildman–Crippen LogP) is 6.71. The van der Waals surface area contributed by atoms with Crippen LogP contribution in [0.1, 0.15) is 57.1 Å². The number of fused-ring (bicyclic) bond motifs is 2. The van der Waals surface area contributed by atoms with Crippen molar-refractivity contribution < 1.29 is 0 Å². The van der Waals surface area contributed by atoms with Crippen molar-refractivity contribution in [2.45, 2.75) is 51.5 Å². The second-order valence-electron chi connectivity index (χ2n) is 8.20. The fourth-order valence-electron chi connectivity index (χ4n) is 4.28. The number of nitrogens with one attached hydrogen (secondary N) is 1. The quantitative estimate of drug-likeness (QED) is 0.324. The van der Waals surface area contributed by atoms with Gasteiger partial charge in [0.05, 0.1) is 0 Å². The van der Waals surface area contributed by atoms with E-state index in [4.69, 9.17) is 5.73 Å². The molecule has 0 spiro atoms. The smallest absolute Gasteiger partial charge is 0.255 e. The fraction of sp³-hybridized carbons (Fsp3) is 0.296. The van der Waals surface area contributed by atoms with E-state index in [2.05, 4.69) is 54.4 Å². The van der Waals surface area contributed by atoms with Crippen molar-refractivity contribution in [1.29, 1.82) is 0 Å². The molecule has 0 aliphatic heterocycles. The van der Waals surface area contributed by atoms with Crippen molar-refractivity contribution >= 4 is 21.5 Å². The number of rotatable bonds is 8. The second kappa shape index (κ2) is 9.27. The third-order valence-electron chi connectivity index (χ3n) is 6.04. The van der Waals surface area contributed by atoms with Gasteiger partial charge in [-0.2, -0.15) is 0 Å². The molecule has 1 heterocycles. The van der Waals surface area contributed by atoms with Crippen molar-refractivity contribution in [2.24, 2.45) is 5.73 Å². The minimum atomic E-state index is -0.0507. The summed E-state index contributed by atoms with van der Waals surface area (Å²) in [6.07, 6.45) is 9.09. The lowest BCUT2D eigenvalue weighted by Crippen LogP contribution is -2.10. The van der Waals surface area contributed by atoms with E-state index in [0.717, 1.165) is 17.4 Å². The Morgan fingerprint density at radius 2 is 1.67 bits per heavy atom. The molecule has 0 saturated heterocycles. The molecule has 1 unspecified atom stereocenters. The van der Waals surface area contributed by atoms with Gasteiger partial charge in [0.2, 0.25) is 0 Å². The first kappa shape index (κ1) is 20.4. The van der Waals surface area contributed by atoms with E-state index in [1.165, 1.54) is 54.0 Å². The molecule has 0 radical (unpaired) electrons. The molecule has 0 fully saturated rings. The number of nitrogens with two attached hydrogens (primary N) is 1. The van der Waals surface area contributed by atoms with Crippen LogP contribution in [-0.2, 0) is 0 Å². The summed E-state index contributed by atoms with van der Waals surface area (Å²) in [5.41, 5.74) is 9.94. The molecule has 1 aromatic heterocycles. The van der Waals surface area contributed by atoms with Gasteiger partial charge in [-0.3, -0.25) is 4.79 Å². The third kappa shape index (κ3) is 4.31. The maximum atomic E-state index is 12.0. The van der Waals surface area contributed by atoms with Gasteiger partial charge >= 0.3 is 0 Å². The van der Waals surface area contributed by atoms with Gasteiger partial charge in [0, 0.05) is 17.6 Å². The van der Waals surface area contributed by atoms with Crippen molar-refractivity contribution in [3.05, 3.63) is 82.8 Å². The number of hydrogen-bond acceptors (Lipinski definition) is 2. The van der Waals surface area contributed by atoms with Crippen LogP contribution in [-0.4, -0.2) is 4.98 Å². The Labute approximate surface area is 177 Å². The number of benzene rings is 3. The summed E-state index contributed by atoms with van der Waals surface area (Å²) in [5, 5.41) is 4.08. The van der Waals surface area contributed by atoms with E-state index in [0.29, 0.717) is 5.39 Å². The van der Waals surface area contributed by atoms with Crippen LogP contribution in [0, 0.1) is 0 Å². The Morgan fingerprint density at radius 3 is 2.53 bits per heavy atom. The Kier molecular flexibility index (Phi) is 6.29. The lowest BCUT2D eigenvalue weighted by molar-refractivity contribution is 0.555. The first-order chi connectivity index (χ1) is 14.7. The molecule has 0 aliphatic carbocycles. The Balaban J connectivity index is 1.61. The standard InChI is InChI=1S/C27H30N2O/c1-2-3-4-5-6-10-26(28)22-12-13-24-19(18-22)8-7-9-23(24)20-11-14-25-21(17-20)15-16-29-27(25)30/h7-9,11-18,26H,2-6,10,28H2,1H3,(H,29,30). The van der Waals surface area contributed by atoms with Crippen molar-refractivity contribution in [2.75, 3.05) is 0 Å². The van der Waals surface area contributed by atoms with Crippen LogP contribution in [0.5, 0.6) is 0 Å². The summed E-state index contributed by atoms with van der Waals surface area (Å²) < 4.78 is 0. The molecule has 4 aromatic rings. The Hall–Kier alpha value is -2.91. The first-order valence-electron chi connectivity index (χ1n) is 11.1. The highest BCUT2D eigenvalue weighted by molar-refractivity contribution is 5.99. The van der Waals surface area contributed by atoms with Gasteiger partial charge in [0.25, 0.3) is 5.56 Å². The molecular formula is C27H30N2O. The zero-order valence-corrected chi connectivity index (χ0v) is 17.7. The molecule has 3 N–H and O–H groups in total. The van der Waals surface area contributed by atoms with Crippen molar-refractivity contribution in [3.8, 4) is 11.1 Å². The summed E-state index contributed by atoms with van der Waals surface area (Å²) in [7, 11) is 0. The lowest BCUT2D eigenvalue weighted by atomic mass is 9.93. The molecule has 3 nitrogen and oxygen atoms in total. The lowest BCUT2D eigenvalue weighted by Gasteiger charge is -2.14. The summed E-state index contributed by atoms with van der Waals surface area (Å²) in [6.45, 7) is 2.24. The van der Waals surface area contributed by atoms with Crippen LogP contribution < -0.4 is 11.3 Å². The SMILES string of the molecule is CCCCCCCC(N)c1ccc2c(-c3ccc4c(=O)[nH]ccc4c3)cccc2c1. The number of pyridine rings is 1. The maximum Gasteiger partial charge on any atom is 0.255 e. The van der Waals surface area contributed by atoms with E-state index >= 15 is 0 Å². The molecular weight excluding hydrogens is 368 g/mol. The normalized spacial score (nSPS) is 12.5. The van der Waals surface area contributed by atoms with E-state index < -0.39 is 0 Å². The van der Waals surface area contributed by atoms with Crippen LogP contribution >= 0.6 is 0 Å². The van der Waals surface area contributed by atoms with Crippen molar-refractivity contribution in [1.82, 2.24) is 4.98 Å². The highest BCUT2D eigenvalue weighted by Crippen LogP contribution is 2.32. The summed E-state index contributed by atoms with van der Waals surface area (Å²) >= 11 is 0. The zero-order chi connectivity index (χ0) is 20.9. The Morgan fingerprint density at radius 1 is 0.867 bits per heavy atom. The molecule has 1 atom stereocenters. The van der Waals surface area contributed by atoms with Gasteiger partial charge in [-0.15, -0.1) is 0 Å². The minimum absolute atomic E-state index is 0.0507. The first-order valence-corrected chi connectivity index (χ1v) is 11.1. The number of H-pyrrole nitrogens is 1. The van der Waals surface area contributed by atoms with Gasteiger partial charge in [-0.25, -0.2) is 0 Å². The highest BCUT2D eigenvalue weighted by atomic mass is 16.1. The van der Waals surface area contributed by atoms with Gasteiger partial charge < -0.3 is 10.7 Å². The molecule has 0 aliphatic rings. The Bertz CT molecular complexity index is 1210. The zero-order valence-electron chi connectivity index (χ0n) is 17.7. The maximum absolute atomic E-state index is 12.0. The van der Waals surface area contributed by atoms with E-state index in [1.54, 1.807) is 6.20 Å². The molecule has 4 rings (SSSR count). The largest absolute Gasteiger partial charge is 0.329 e. The van der Waals surface area contributed by atoms with Crippen LogP contribution in [0.4, 0.5) is 0 Å². The average molecular weight is 399 g/mol. The summed E-state index contributed by atoms with van der Waals surface area (Å²) in [5.74, 6) is 0. The average Bonchev–Trinajstić information content (AvgIpc) is 2.78. The third-order valence-corrected chi connectivity index (χ3v) is 6.04. The summed E-state index contributed by atoms with van der Waals surface area (Å²) in [4.78, 5) is 14.7. The number of unbranched alkanes of at least 4 members (excludes halogenated alkanes) is 4. The van der Waals surface area contributed by atoms with Gasteiger partial charge in [0.1, 0.15) is 0 Å². The molecule has 0 amide bonds. The molecule has 0 saturated carbocycles. The second-order valence-corrected chi connectivity index (χ2v) is 8.20. The van der Waals surface area contributed by atoms with Gasteiger partial charge in [-0.1, -0.05) is 75.4 Å². The minimum Gasteiger partial charge on any atom is -0.329 e. The van der Waals surface area contributed by atoms with Crippen LogP contribution in [0.3, 0.4) is 0 Å². The van der Waals surface area contributed by atoms with E-state index in [9.17, 15) is 4.79 Å². The van der Waals surface area contributed by atoms with E-state index in [1.807, 2.05) is 18.2 Å². The number of aromatic amines is 1. The fourth-order valence-corrected chi connectivity index (χ4v) is 4.28. The van der Waals surface area contributed by atoms with E-state index in [-0.39, 0.29) is 11.6 Å². The molecule has 154 valence electrons. The molecule has 3 heteroatoms. The van der Waals surface area contributed by atoms with Crippen LogP contribution in [0.25, 0.3) is 32.7 Å². The van der Waals surface area contributed by atoms with Gasteiger partial charge in [-0.05, 0) is 63.5 Å². The monoisotopic (exact) mass is 398 g/mol. The number of hydrogen-bond donors (Lipinski definition) is 2. The number of aromatic nitrogens is 1. The molecule has 3 aromatic carbocycles. The van der Waals surface area contributed by atoms with Crippen LogP contribution in [0.2, 0.25) is 0 Å². The van der Waals surface area contributed by atoms with Crippen molar-refractivity contribution in [3.63, 3.8) is 0 Å². The molecule has 0 bridgehead atoms. The molecule has 30 heavy (non-hydrogen) atoms. The topological polar surface area (TPSA) is 58.9 Å². The van der Waals surface area contributed by atoms with Gasteiger partial charge in [0.15, 0.2) is 0 Å².